The Balaban J connectivity index is 1.52. The Labute approximate surface area is 174 Å². The molecule has 4 rings (SSSR count). The van der Waals surface area contributed by atoms with Gasteiger partial charge < -0.3 is 15.0 Å². The Morgan fingerprint density at radius 1 is 1.14 bits per heavy atom. The van der Waals surface area contributed by atoms with Gasteiger partial charge in [0.25, 0.3) is 5.91 Å². The van der Waals surface area contributed by atoms with Crippen LogP contribution in [0.4, 0.5) is 0 Å². The Hall–Kier alpha value is -2.33. The minimum absolute atomic E-state index is 0.00599. The number of benzene rings is 2. The summed E-state index contributed by atoms with van der Waals surface area (Å²) in [4.78, 5) is 15.3. The number of amides is 1. The summed E-state index contributed by atoms with van der Waals surface area (Å²) in [5.74, 6) is 0.760. The van der Waals surface area contributed by atoms with Crippen molar-refractivity contribution < 1.29 is 9.53 Å². The second-order valence-corrected chi connectivity index (χ2v) is 8.82. The van der Waals surface area contributed by atoms with E-state index in [1.165, 1.54) is 36.0 Å². The number of carbonyl (C=O) groups excluding carboxylic acids is 1. The van der Waals surface area contributed by atoms with Crippen molar-refractivity contribution in [2.24, 2.45) is 0 Å². The highest BCUT2D eigenvalue weighted by Crippen LogP contribution is 2.48. The van der Waals surface area contributed by atoms with Crippen molar-refractivity contribution in [3.05, 3.63) is 64.2 Å². The third-order valence-electron chi connectivity index (χ3n) is 6.28. The highest BCUT2D eigenvalue weighted by molar-refractivity contribution is 5.97. The van der Waals surface area contributed by atoms with Crippen molar-refractivity contribution in [1.82, 2.24) is 10.2 Å². The number of hydrogen-bond acceptors (Lipinski definition) is 3. The molecule has 0 spiro atoms. The van der Waals surface area contributed by atoms with Gasteiger partial charge in [0, 0.05) is 12.1 Å². The third kappa shape index (κ3) is 4.32. The first-order chi connectivity index (χ1) is 14.0. The molecule has 0 aromatic heterocycles. The predicted molar refractivity (Wildman–Crippen MR) is 117 cm³/mol. The third-order valence-corrected chi connectivity index (χ3v) is 6.28. The van der Waals surface area contributed by atoms with E-state index in [1.807, 2.05) is 39.2 Å². The lowest BCUT2D eigenvalue weighted by Crippen LogP contribution is -2.36. The van der Waals surface area contributed by atoms with E-state index in [0.29, 0.717) is 12.2 Å². The molecule has 154 valence electrons. The average molecular weight is 393 g/mol. The monoisotopic (exact) mass is 392 g/mol. The summed E-state index contributed by atoms with van der Waals surface area (Å²) in [6, 6.07) is 12.5. The van der Waals surface area contributed by atoms with Crippen LogP contribution in [0.5, 0.6) is 5.75 Å². The second kappa shape index (κ2) is 8.19. The number of rotatable bonds is 7. The Morgan fingerprint density at radius 2 is 1.93 bits per heavy atom. The SMILES string of the molecule is Cc1ccc(OCCN(C)C)cc1C(=O)NC1(c2cccc3c2CCCC3)CC1. The second-order valence-electron chi connectivity index (χ2n) is 8.82. The van der Waals surface area contributed by atoms with E-state index in [4.69, 9.17) is 4.74 Å². The van der Waals surface area contributed by atoms with E-state index >= 15 is 0 Å². The normalized spacial score (nSPS) is 17.0. The van der Waals surface area contributed by atoms with Gasteiger partial charge in [-0.25, -0.2) is 0 Å². The smallest absolute Gasteiger partial charge is 0.252 e. The number of nitrogens with one attached hydrogen (secondary N) is 1. The van der Waals surface area contributed by atoms with Gasteiger partial charge in [0.1, 0.15) is 12.4 Å². The largest absolute Gasteiger partial charge is 0.492 e. The number of fused-ring (bicyclic) bond motifs is 1. The van der Waals surface area contributed by atoms with Crippen LogP contribution in [0.3, 0.4) is 0 Å². The Morgan fingerprint density at radius 3 is 2.69 bits per heavy atom. The van der Waals surface area contributed by atoms with Gasteiger partial charge in [0.2, 0.25) is 0 Å². The van der Waals surface area contributed by atoms with E-state index in [9.17, 15) is 4.79 Å². The lowest BCUT2D eigenvalue weighted by atomic mass is 9.85. The number of aryl methyl sites for hydroxylation is 2. The maximum Gasteiger partial charge on any atom is 0.252 e. The summed E-state index contributed by atoms with van der Waals surface area (Å²) in [5.41, 5.74) is 5.81. The molecule has 1 saturated carbocycles. The molecule has 1 amide bonds. The van der Waals surface area contributed by atoms with Crippen LogP contribution in [-0.2, 0) is 18.4 Å². The van der Waals surface area contributed by atoms with Gasteiger partial charge >= 0.3 is 0 Å². The lowest BCUT2D eigenvalue weighted by Gasteiger charge is -2.26. The van der Waals surface area contributed by atoms with Crippen molar-refractivity contribution in [3.8, 4) is 5.75 Å². The summed E-state index contributed by atoms with van der Waals surface area (Å²) in [7, 11) is 4.05. The van der Waals surface area contributed by atoms with Crippen molar-refractivity contribution in [2.75, 3.05) is 27.2 Å². The maximum absolute atomic E-state index is 13.2. The van der Waals surface area contributed by atoms with Crippen LogP contribution in [0.1, 0.15) is 58.3 Å². The van der Waals surface area contributed by atoms with Gasteiger partial charge in [-0.3, -0.25) is 4.79 Å². The van der Waals surface area contributed by atoms with Crippen LogP contribution in [0.25, 0.3) is 0 Å². The van der Waals surface area contributed by atoms with Gasteiger partial charge in [-0.05, 0) is 93.9 Å². The quantitative estimate of drug-likeness (QED) is 0.767. The molecule has 0 heterocycles. The predicted octanol–water partition coefficient (Wildman–Crippen LogP) is 4.23. The number of likely N-dealkylation sites (N-methyl/N-ethyl adjacent to an activating group) is 1. The summed E-state index contributed by atoms with van der Waals surface area (Å²) < 4.78 is 5.85. The molecule has 0 bridgehead atoms. The molecular weight excluding hydrogens is 360 g/mol. The molecule has 2 aliphatic rings. The van der Waals surface area contributed by atoms with Crippen molar-refractivity contribution >= 4 is 5.91 Å². The van der Waals surface area contributed by atoms with Gasteiger partial charge in [0.05, 0.1) is 5.54 Å². The molecule has 2 aromatic carbocycles. The maximum atomic E-state index is 13.2. The number of ether oxygens (including phenoxy) is 1. The van der Waals surface area contributed by atoms with Gasteiger partial charge in [-0.1, -0.05) is 24.3 Å². The first-order valence-corrected chi connectivity index (χ1v) is 10.8. The molecule has 0 aliphatic heterocycles. The van der Waals surface area contributed by atoms with Crippen LogP contribution in [-0.4, -0.2) is 38.1 Å². The molecule has 0 radical (unpaired) electrons. The van der Waals surface area contributed by atoms with Gasteiger partial charge in [-0.15, -0.1) is 0 Å². The van der Waals surface area contributed by atoms with E-state index in [2.05, 4.69) is 28.4 Å². The standard InChI is InChI=1S/C25H32N2O2/c1-18-11-12-20(29-16-15-27(2)3)17-22(18)24(28)26-25(13-14-25)23-10-6-8-19-7-4-5-9-21(19)23/h6,8,10-12,17H,4-5,7,9,13-16H2,1-3H3,(H,26,28). The van der Waals surface area contributed by atoms with Crippen LogP contribution in [0, 0.1) is 6.92 Å². The number of nitrogens with zero attached hydrogens (tertiary/aromatic N) is 1. The van der Waals surface area contributed by atoms with Crippen LogP contribution in [0.2, 0.25) is 0 Å². The number of hydrogen-bond donors (Lipinski definition) is 1. The van der Waals surface area contributed by atoms with E-state index < -0.39 is 0 Å². The fraction of sp³-hybridized carbons (Fsp3) is 0.480. The summed E-state index contributed by atoms with van der Waals surface area (Å²) in [6.07, 6.45) is 6.87. The molecule has 4 nitrogen and oxygen atoms in total. The lowest BCUT2D eigenvalue weighted by molar-refractivity contribution is 0.0929. The fourth-order valence-corrected chi connectivity index (χ4v) is 4.38. The average Bonchev–Trinajstić information content (AvgIpc) is 3.49. The van der Waals surface area contributed by atoms with Crippen LogP contribution < -0.4 is 10.1 Å². The molecule has 0 saturated heterocycles. The molecule has 2 aromatic rings. The van der Waals surface area contributed by atoms with Crippen LogP contribution >= 0.6 is 0 Å². The summed E-state index contributed by atoms with van der Waals surface area (Å²) >= 11 is 0. The number of carbonyl (C=O) groups is 1. The van der Waals surface area contributed by atoms with Crippen molar-refractivity contribution in [3.63, 3.8) is 0 Å². The molecule has 1 fully saturated rings. The molecule has 4 heteroatoms. The Kier molecular flexibility index (Phi) is 5.64. The zero-order valence-corrected chi connectivity index (χ0v) is 17.9. The molecule has 1 N–H and O–H groups in total. The zero-order valence-electron chi connectivity index (χ0n) is 17.9. The topological polar surface area (TPSA) is 41.6 Å². The highest BCUT2D eigenvalue weighted by Gasteiger charge is 2.47. The highest BCUT2D eigenvalue weighted by atomic mass is 16.5. The minimum atomic E-state index is -0.187. The Bertz CT molecular complexity index is 900. The van der Waals surface area contributed by atoms with Crippen molar-refractivity contribution in [1.29, 1.82) is 0 Å². The minimum Gasteiger partial charge on any atom is -0.492 e. The molecule has 29 heavy (non-hydrogen) atoms. The zero-order chi connectivity index (χ0) is 20.4. The van der Waals surface area contributed by atoms with E-state index in [1.54, 1.807) is 0 Å². The molecule has 0 atom stereocenters. The summed E-state index contributed by atoms with van der Waals surface area (Å²) in [6.45, 7) is 3.44. The molecule has 0 unspecified atom stereocenters. The fourth-order valence-electron chi connectivity index (χ4n) is 4.38. The van der Waals surface area contributed by atoms with Crippen LogP contribution in [0.15, 0.2) is 36.4 Å². The van der Waals surface area contributed by atoms with Crippen molar-refractivity contribution in [2.45, 2.75) is 51.0 Å². The van der Waals surface area contributed by atoms with E-state index in [0.717, 1.165) is 37.1 Å². The van der Waals surface area contributed by atoms with E-state index in [-0.39, 0.29) is 11.4 Å². The first kappa shape index (κ1) is 20.0. The summed E-state index contributed by atoms with van der Waals surface area (Å²) in [5, 5.41) is 3.39. The molecular formula is C25H32N2O2. The van der Waals surface area contributed by atoms with Gasteiger partial charge in [-0.2, -0.15) is 0 Å². The first-order valence-electron chi connectivity index (χ1n) is 10.8. The molecule has 2 aliphatic carbocycles. The van der Waals surface area contributed by atoms with Gasteiger partial charge in [0.15, 0.2) is 0 Å².